The maximum atomic E-state index is 12.5. The molecule has 1 aromatic rings. The summed E-state index contributed by atoms with van der Waals surface area (Å²) in [6.07, 6.45) is 9.62. The van der Waals surface area contributed by atoms with E-state index in [1.165, 1.54) is 6.26 Å². The van der Waals surface area contributed by atoms with E-state index in [0.29, 0.717) is 19.5 Å². The summed E-state index contributed by atoms with van der Waals surface area (Å²) in [5.41, 5.74) is 0. The third kappa shape index (κ3) is 3.68. The average Bonchev–Trinajstić information content (AvgIpc) is 3.19. The highest BCUT2D eigenvalue weighted by Crippen LogP contribution is 2.28. The number of rotatable bonds is 3. The maximum Gasteiger partial charge on any atom is 0.317 e. The van der Waals surface area contributed by atoms with Gasteiger partial charge in [0, 0.05) is 31.7 Å². The number of nitrogens with zero attached hydrogens (tertiary/aromatic N) is 3. The fraction of sp³-hybridized carbons (Fsp3) is 0.733. The number of amides is 2. The van der Waals surface area contributed by atoms with E-state index in [4.69, 9.17) is 0 Å². The van der Waals surface area contributed by atoms with Crippen LogP contribution in [-0.2, 0) is 9.84 Å². The Hall–Kier alpha value is -1.57. The van der Waals surface area contributed by atoms with Crippen LogP contribution in [0.3, 0.4) is 0 Å². The molecule has 1 N–H and O–H groups in total. The summed E-state index contributed by atoms with van der Waals surface area (Å²) >= 11 is 0. The molecule has 2 fully saturated rings. The fourth-order valence-corrected chi connectivity index (χ4v) is 4.57. The second-order valence-electron chi connectivity index (χ2n) is 6.58. The van der Waals surface area contributed by atoms with Gasteiger partial charge in [-0.15, -0.1) is 0 Å². The molecule has 1 aromatic heterocycles. The number of urea groups is 1. The van der Waals surface area contributed by atoms with Gasteiger partial charge < -0.3 is 10.2 Å². The quantitative estimate of drug-likeness (QED) is 0.896. The highest BCUT2D eigenvalue weighted by atomic mass is 32.2. The van der Waals surface area contributed by atoms with E-state index in [-0.39, 0.29) is 18.1 Å². The molecule has 1 aliphatic carbocycles. The van der Waals surface area contributed by atoms with E-state index in [1.807, 2.05) is 16.9 Å². The first-order chi connectivity index (χ1) is 10.9. The first-order valence-electron chi connectivity index (χ1n) is 8.18. The van der Waals surface area contributed by atoms with Crippen molar-refractivity contribution in [2.24, 2.45) is 0 Å². The summed E-state index contributed by atoms with van der Waals surface area (Å²) < 4.78 is 25.2. The van der Waals surface area contributed by atoms with Gasteiger partial charge in [-0.3, -0.25) is 4.68 Å². The van der Waals surface area contributed by atoms with Crippen LogP contribution in [-0.4, -0.2) is 59.8 Å². The summed E-state index contributed by atoms with van der Waals surface area (Å²) in [6.45, 7) is 0.798. The van der Waals surface area contributed by atoms with Crippen molar-refractivity contribution in [1.82, 2.24) is 20.0 Å². The lowest BCUT2D eigenvalue weighted by atomic mass is 9.90. The van der Waals surface area contributed by atoms with Gasteiger partial charge in [0.15, 0.2) is 9.84 Å². The molecular weight excluding hydrogens is 316 g/mol. The second kappa shape index (κ2) is 6.51. The lowest BCUT2D eigenvalue weighted by Crippen LogP contribution is -2.48. The lowest BCUT2D eigenvalue weighted by Gasteiger charge is -2.33. The molecule has 3 atom stereocenters. The molecule has 1 saturated heterocycles. The van der Waals surface area contributed by atoms with E-state index < -0.39 is 15.1 Å². The van der Waals surface area contributed by atoms with Gasteiger partial charge >= 0.3 is 6.03 Å². The second-order valence-corrected chi connectivity index (χ2v) is 8.91. The Labute approximate surface area is 137 Å². The SMILES string of the molecule is CS(=O)(=O)C1CCN(C(=O)NC2CCCCC2n2cccn2)C1. The highest BCUT2D eigenvalue weighted by molar-refractivity contribution is 7.91. The summed E-state index contributed by atoms with van der Waals surface area (Å²) in [5, 5.41) is 6.99. The van der Waals surface area contributed by atoms with Crippen LogP contribution in [0.5, 0.6) is 0 Å². The Morgan fingerprint density at radius 3 is 2.70 bits per heavy atom. The molecule has 0 spiro atoms. The Bertz CT molecular complexity index is 644. The first kappa shape index (κ1) is 16.3. The molecule has 3 unspecified atom stereocenters. The van der Waals surface area contributed by atoms with Crippen LogP contribution in [0, 0.1) is 0 Å². The Morgan fingerprint density at radius 2 is 2.04 bits per heavy atom. The zero-order chi connectivity index (χ0) is 16.4. The number of likely N-dealkylation sites (tertiary alicyclic amines) is 1. The minimum absolute atomic E-state index is 0.0495. The summed E-state index contributed by atoms with van der Waals surface area (Å²) in [4.78, 5) is 14.1. The molecule has 1 aliphatic heterocycles. The topological polar surface area (TPSA) is 84.3 Å². The molecule has 0 bridgehead atoms. The molecule has 128 valence electrons. The molecule has 2 heterocycles. The number of carbonyl (C=O) groups is 1. The smallest absolute Gasteiger partial charge is 0.317 e. The molecule has 8 heteroatoms. The molecule has 0 radical (unpaired) electrons. The van der Waals surface area contributed by atoms with Crippen LogP contribution >= 0.6 is 0 Å². The summed E-state index contributed by atoms with van der Waals surface area (Å²) in [6, 6.07) is 1.97. The van der Waals surface area contributed by atoms with E-state index in [0.717, 1.165) is 25.7 Å². The maximum absolute atomic E-state index is 12.5. The molecule has 3 rings (SSSR count). The minimum Gasteiger partial charge on any atom is -0.333 e. The number of hydrogen-bond donors (Lipinski definition) is 1. The largest absolute Gasteiger partial charge is 0.333 e. The lowest BCUT2D eigenvalue weighted by molar-refractivity contribution is 0.187. The van der Waals surface area contributed by atoms with Crippen LogP contribution < -0.4 is 5.32 Å². The predicted octanol–water partition coefficient (Wildman–Crippen LogP) is 1.20. The molecule has 2 aliphatic rings. The molecular formula is C15H24N4O3S. The van der Waals surface area contributed by atoms with E-state index in [2.05, 4.69) is 10.4 Å². The van der Waals surface area contributed by atoms with Crippen molar-refractivity contribution in [2.75, 3.05) is 19.3 Å². The third-order valence-corrected chi connectivity index (χ3v) is 6.54. The number of carbonyl (C=O) groups excluding carboxylic acids is 1. The molecule has 1 saturated carbocycles. The Balaban J connectivity index is 1.62. The molecule has 2 amide bonds. The van der Waals surface area contributed by atoms with E-state index in [1.54, 1.807) is 11.1 Å². The zero-order valence-corrected chi connectivity index (χ0v) is 14.2. The van der Waals surface area contributed by atoms with Crippen molar-refractivity contribution in [3.05, 3.63) is 18.5 Å². The number of sulfone groups is 1. The van der Waals surface area contributed by atoms with Gasteiger partial charge in [-0.25, -0.2) is 13.2 Å². The van der Waals surface area contributed by atoms with E-state index >= 15 is 0 Å². The summed E-state index contributed by atoms with van der Waals surface area (Å²) in [7, 11) is -3.08. The van der Waals surface area contributed by atoms with Gasteiger partial charge in [0.05, 0.1) is 17.3 Å². The van der Waals surface area contributed by atoms with Crippen LogP contribution in [0.1, 0.15) is 38.1 Å². The normalized spacial score (nSPS) is 28.7. The number of nitrogens with one attached hydrogen (secondary N) is 1. The fourth-order valence-electron chi connectivity index (χ4n) is 3.59. The van der Waals surface area contributed by atoms with Crippen molar-refractivity contribution in [2.45, 2.75) is 49.4 Å². The van der Waals surface area contributed by atoms with Gasteiger partial charge in [-0.2, -0.15) is 5.10 Å². The number of aromatic nitrogens is 2. The monoisotopic (exact) mass is 340 g/mol. The van der Waals surface area contributed by atoms with Gasteiger partial charge in [0.1, 0.15) is 0 Å². The molecule has 0 aromatic carbocycles. The Kier molecular flexibility index (Phi) is 4.61. The predicted molar refractivity (Wildman–Crippen MR) is 86.9 cm³/mol. The van der Waals surface area contributed by atoms with Crippen molar-refractivity contribution < 1.29 is 13.2 Å². The van der Waals surface area contributed by atoms with Crippen molar-refractivity contribution >= 4 is 15.9 Å². The van der Waals surface area contributed by atoms with E-state index in [9.17, 15) is 13.2 Å². The van der Waals surface area contributed by atoms with Crippen molar-refractivity contribution in [3.63, 3.8) is 0 Å². The van der Waals surface area contributed by atoms with Gasteiger partial charge in [0.25, 0.3) is 0 Å². The van der Waals surface area contributed by atoms with Crippen LogP contribution in [0.4, 0.5) is 4.79 Å². The standard InChI is InChI=1S/C15H24N4O3S/c1-23(21,22)12-7-10-18(11-12)15(20)17-13-5-2-3-6-14(13)19-9-4-8-16-19/h4,8-9,12-14H,2-3,5-7,10-11H2,1H3,(H,17,20). The Morgan fingerprint density at radius 1 is 1.26 bits per heavy atom. The zero-order valence-electron chi connectivity index (χ0n) is 13.4. The molecule has 7 nitrogen and oxygen atoms in total. The third-order valence-electron chi connectivity index (χ3n) is 4.94. The highest BCUT2D eigenvalue weighted by Gasteiger charge is 2.35. The van der Waals surface area contributed by atoms with Crippen LogP contribution in [0.2, 0.25) is 0 Å². The van der Waals surface area contributed by atoms with Crippen LogP contribution in [0.25, 0.3) is 0 Å². The van der Waals surface area contributed by atoms with Crippen molar-refractivity contribution in [1.29, 1.82) is 0 Å². The van der Waals surface area contributed by atoms with Crippen LogP contribution in [0.15, 0.2) is 18.5 Å². The molecule has 23 heavy (non-hydrogen) atoms. The summed E-state index contributed by atoms with van der Waals surface area (Å²) in [5.74, 6) is 0. The van der Waals surface area contributed by atoms with Crippen molar-refractivity contribution in [3.8, 4) is 0 Å². The number of hydrogen-bond acceptors (Lipinski definition) is 4. The van der Waals surface area contributed by atoms with Gasteiger partial charge in [-0.05, 0) is 25.3 Å². The van der Waals surface area contributed by atoms with Gasteiger partial charge in [0.2, 0.25) is 0 Å². The van der Waals surface area contributed by atoms with Gasteiger partial charge in [-0.1, -0.05) is 12.8 Å². The minimum atomic E-state index is -3.08. The first-order valence-corrected chi connectivity index (χ1v) is 10.1. The average molecular weight is 340 g/mol.